The Balaban J connectivity index is 1.69. The van der Waals surface area contributed by atoms with Crippen LogP contribution in [0.2, 0.25) is 0 Å². The lowest BCUT2D eigenvalue weighted by atomic mass is 10.0. The van der Waals surface area contributed by atoms with Crippen molar-refractivity contribution in [3.05, 3.63) is 0 Å². The van der Waals surface area contributed by atoms with Crippen LogP contribution in [0.1, 0.15) is 25.7 Å². The zero-order valence-corrected chi connectivity index (χ0v) is 8.54. The molecule has 0 spiro atoms. The first-order valence-corrected chi connectivity index (χ1v) is 5.53. The Kier molecular flexibility index (Phi) is 3.03. The minimum Gasteiger partial charge on any atom is -0.352 e. The van der Waals surface area contributed by atoms with E-state index in [-0.39, 0.29) is 12.5 Å². The summed E-state index contributed by atoms with van der Waals surface area (Å²) in [6.07, 6.45) is 4.92. The van der Waals surface area contributed by atoms with Crippen LogP contribution >= 0.6 is 0 Å². The highest BCUT2D eigenvalue weighted by atomic mass is 16.1. The van der Waals surface area contributed by atoms with E-state index in [1.165, 1.54) is 12.8 Å². The van der Waals surface area contributed by atoms with Crippen LogP contribution in [0.3, 0.4) is 0 Å². The smallest absolute Gasteiger partial charge is 0.233 e. The van der Waals surface area contributed by atoms with Crippen molar-refractivity contribution >= 4 is 5.91 Å². The molecule has 1 aliphatic carbocycles. The number of carbonyl (C=O) groups excluding carboxylic acids is 1. The summed E-state index contributed by atoms with van der Waals surface area (Å²) in [6, 6.07) is 1.22. The number of nitrogens with two attached hydrogens (primary N) is 1. The Morgan fingerprint density at radius 2 is 1.93 bits per heavy atom. The molecule has 0 radical (unpaired) electrons. The molecule has 0 atom stereocenters. The number of likely N-dealkylation sites (tertiary alicyclic amines) is 1. The predicted molar refractivity (Wildman–Crippen MR) is 54.8 cm³/mol. The number of amides is 1. The summed E-state index contributed by atoms with van der Waals surface area (Å²) in [5.74, 6) is -0.0186. The molecule has 0 unspecified atom stereocenters. The zero-order chi connectivity index (χ0) is 9.97. The van der Waals surface area contributed by atoms with Crippen molar-refractivity contribution in [3.63, 3.8) is 0 Å². The second kappa shape index (κ2) is 4.28. The quantitative estimate of drug-likeness (QED) is 0.652. The molecule has 2 aliphatic rings. The first-order chi connectivity index (χ1) is 6.79. The van der Waals surface area contributed by atoms with Crippen LogP contribution in [0.5, 0.6) is 0 Å². The van der Waals surface area contributed by atoms with Gasteiger partial charge in [-0.25, -0.2) is 0 Å². The van der Waals surface area contributed by atoms with E-state index < -0.39 is 0 Å². The second-order valence-corrected chi connectivity index (χ2v) is 4.31. The van der Waals surface area contributed by atoms with Crippen LogP contribution in [0.25, 0.3) is 0 Å². The molecule has 0 aromatic heterocycles. The van der Waals surface area contributed by atoms with E-state index in [1.54, 1.807) is 0 Å². The van der Waals surface area contributed by atoms with Crippen LogP contribution in [-0.4, -0.2) is 42.5 Å². The van der Waals surface area contributed by atoms with Crippen LogP contribution in [0.15, 0.2) is 0 Å². The highest BCUT2D eigenvalue weighted by Gasteiger charge is 2.31. The Hall–Kier alpha value is -0.610. The maximum Gasteiger partial charge on any atom is 0.233 e. The lowest BCUT2D eigenvalue weighted by Gasteiger charge is -2.32. The van der Waals surface area contributed by atoms with Gasteiger partial charge in [-0.3, -0.25) is 4.79 Å². The number of carbonyl (C=O) groups is 1. The number of nitrogens with zero attached hydrogens (tertiary/aromatic N) is 1. The SMILES string of the molecule is NCC(=O)NC1CCN(C2CC2)CC1. The third-order valence-electron chi connectivity index (χ3n) is 3.14. The van der Waals surface area contributed by atoms with Gasteiger partial charge in [-0.2, -0.15) is 0 Å². The van der Waals surface area contributed by atoms with E-state index >= 15 is 0 Å². The molecular weight excluding hydrogens is 178 g/mol. The van der Waals surface area contributed by atoms with E-state index in [0.717, 1.165) is 32.0 Å². The van der Waals surface area contributed by atoms with Crippen LogP contribution in [-0.2, 0) is 4.79 Å². The topological polar surface area (TPSA) is 58.4 Å². The summed E-state index contributed by atoms with van der Waals surface area (Å²) < 4.78 is 0. The minimum absolute atomic E-state index is 0.0186. The molecule has 14 heavy (non-hydrogen) atoms. The van der Waals surface area contributed by atoms with Crippen molar-refractivity contribution in [3.8, 4) is 0 Å². The normalized spacial score (nSPS) is 24.9. The van der Waals surface area contributed by atoms with E-state index in [0.29, 0.717) is 6.04 Å². The highest BCUT2D eigenvalue weighted by molar-refractivity contribution is 5.78. The monoisotopic (exact) mass is 197 g/mol. The van der Waals surface area contributed by atoms with Crippen molar-refractivity contribution in [2.75, 3.05) is 19.6 Å². The predicted octanol–water partition coefficient (Wildman–Crippen LogP) is -0.312. The van der Waals surface area contributed by atoms with Gasteiger partial charge in [0.1, 0.15) is 0 Å². The van der Waals surface area contributed by atoms with Crippen molar-refractivity contribution in [2.24, 2.45) is 5.73 Å². The summed E-state index contributed by atoms with van der Waals surface area (Å²) in [6.45, 7) is 2.39. The van der Waals surface area contributed by atoms with Gasteiger partial charge in [-0.15, -0.1) is 0 Å². The Labute approximate surface area is 84.8 Å². The molecule has 4 nitrogen and oxygen atoms in total. The summed E-state index contributed by atoms with van der Waals surface area (Å²) in [5, 5.41) is 2.96. The summed E-state index contributed by atoms with van der Waals surface area (Å²) in [4.78, 5) is 13.6. The van der Waals surface area contributed by atoms with Gasteiger partial charge in [0.2, 0.25) is 5.91 Å². The number of hydrogen-bond donors (Lipinski definition) is 2. The van der Waals surface area contributed by atoms with Gasteiger partial charge in [0.15, 0.2) is 0 Å². The molecule has 1 saturated heterocycles. The van der Waals surface area contributed by atoms with Crippen molar-refractivity contribution in [1.29, 1.82) is 0 Å². The molecule has 4 heteroatoms. The van der Waals surface area contributed by atoms with Crippen molar-refractivity contribution < 1.29 is 4.79 Å². The first kappa shape index (κ1) is 9.93. The second-order valence-electron chi connectivity index (χ2n) is 4.31. The molecule has 1 amide bonds. The lowest BCUT2D eigenvalue weighted by molar-refractivity contribution is -0.120. The van der Waals surface area contributed by atoms with Gasteiger partial charge in [0.25, 0.3) is 0 Å². The summed E-state index contributed by atoms with van der Waals surface area (Å²) in [5.41, 5.74) is 5.25. The van der Waals surface area contributed by atoms with E-state index in [9.17, 15) is 4.79 Å². The third kappa shape index (κ3) is 2.45. The van der Waals surface area contributed by atoms with E-state index in [4.69, 9.17) is 5.73 Å². The van der Waals surface area contributed by atoms with Gasteiger partial charge < -0.3 is 16.0 Å². The Bertz CT molecular complexity index is 207. The minimum atomic E-state index is -0.0186. The van der Waals surface area contributed by atoms with Gasteiger partial charge in [0, 0.05) is 25.2 Å². The van der Waals surface area contributed by atoms with Gasteiger partial charge in [-0.05, 0) is 25.7 Å². The van der Waals surface area contributed by atoms with Crippen LogP contribution in [0, 0.1) is 0 Å². The molecule has 1 aliphatic heterocycles. The van der Waals surface area contributed by atoms with Crippen LogP contribution in [0.4, 0.5) is 0 Å². The molecule has 2 rings (SSSR count). The van der Waals surface area contributed by atoms with Crippen molar-refractivity contribution in [1.82, 2.24) is 10.2 Å². The number of piperidine rings is 1. The standard InChI is InChI=1S/C10H19N3O/c11-7-10(14)12-8-3-5-13(6-4-8)9-1-2-9/h8-9H,1-7,11H2,(H,12,14). The highest BCUT2D eigenvalue weighted by Crippen LogP contribution is 2.29. The van der Waals surface area contributed by atoms with Gasteiger partial charge >= 0.3 is 0 Å². The molecule has 1 heterocycles. The molecule has 80 valence electrons. The molecule has 0 bridgehead atoms. The maximum absolute atomic E-state index is 11.1. The van der Waals surface area contributed by atoms with Crippen LogP contribution < -0.4 is 11.1 Å². The molecular formula is C10H19N3O. The van der Waals surface area contributed by atoms with Gasteiger partial charge in [0.05, 0.1) is 6.54 Å². The van der Waals surface area contributed by atoms with Crippen molar-refractivity contribution in [2.45, 2.75) is 37.8 Å². The Morgan fingerprint density at radius 3 is 2.43 bits per heavy atom. The third-order valence-corrected chi connectivity index (χ3v) is 3.14. The zero-order valence-electron chi connectivity index (χ0n) is 8.54. The fourth-order valence-electron chi connectivity index (χ4n) is 2.14. The number of hydrogen-bond acceptors (Lipinski definition) is 3. The maximum atomic E-state index is 11.1. The lowest BCUT2D eigenvalue weighted by Crippen LogP contribution is -2.46. The summed E-state index contributed by atoms with van der Waals surface area (Å²) in [7, 11) is 0. The Morgan fingerprint density at radius 1 is 1.29 bits per heavy atom. The molecule has 0 aromatic carbocycles. The van der Waals surface area contributed by atoms with Gasteiger partial charge in [-0.1, -0.05) is 0 Å². The number of nitrogens with one attached hydrogen (secondary N) is 1. The molecule has 0 aromatic rings. The van der Waals surface area contributed by atoms with E-state index in [1.807, 2.05) is 0 Å². The molecule has 3 N–H and O–H groups in total. The largest absolute Gasteiger partial charge is 0.352 e. The summed E-state index contributed by atoms with van der Waals surface area (Å²) >= 11 is 0. The van der Waals surface area contributed by atoms with E-state index in [2.05, 4.69) is 10.2 Å². The fraction of sp³-hybridized carbons (Fsp3) is 0.900. The average Bonchev–Trinajstić information content (AvgIpc) is 3.02. The first-order valence-electron chi connectivity index (χ1n) is 5.53. The fourth-order valence-corrected chi connectivity index (χ4v) is 2.14. The number of rotatable bonds is 3. The molecule has 1 saturated carbocycles. The average molecular weight is 197 g/mol. The molecule has 2 fully saturated rings.